The van der Waals surface area contributed by atoms with Crippen molar-refractivity contribution >= 4 is 17.3 Å². The van der Waals surface area contributed by atoms with Crippen molar-refractivity contribution in [3.05, 3.63) is 70.3 Å². The zero-order valence-electron chi connectivity index (χ0n) is 15.5. The summed E-state index contributed by atoms with van der Waals surface area (Å²) >= 11 is 5.36. The minimum absolute atomic E-state index is 0.0322. The molecule has 0 aliphatic heterocycles. The van der Waals surface area contributed by atoms with Gasteiger partial charge in [-0.2, -0.15) is 0 Å². The second-order valence-electron chi connectivity index (χ2n) is 7.41. The van der Waals surface area contributed by atoms with Crippen molar-refractivity contribution in [3.63, 3.8) is 0 Å². The molecule has 0 radical (unpaired) electrons. The van der Waals surface area contributed by atoms with Gasteiger partial charge in [0.2, 0.25) is 0 Å². The normalized spacial score (nSPS) is 11.2. The first-order valence-corrected chi connectivity index (χ1v) is 9.01. The third-order valence-electron chi connectivity index (χ3n) is 4.26. The Bertz CT molecular complexity index is 718. The molecule has 0 amide bonds. The maximum Gasteiger partial charge on any atom is 0.166 e. The molecule has 3 N–H and O–H groups in total. The molecule has 0 heterocycles. The number of nitrogens with one attached hydrogen (secondary N) is 2. The van der Waals surface area contributed by atoms with Crippen LogP contribution in [0.2, 0.25) is 0 Å². The second-order valence-corrected chi connectivity index (χ2v) is 7.82. The summed E-state index contributed by atoms with van der Waals surface area (Å²) in [5, 5.41) is 16.7. The summed E-state index contributed by atoms with van der Waals surface area (Å²) in [5.41, 5.74) is 5.75. The number of rotatable bonds is 5. The van der Waals surface area contributed by atoms with E-state index in [4.69, 9.17) is 12.2 Å². The van der Waals surface area contributed by atoms with Crippen LogP contribution >= 0.6 is 12.2 Å². The van der Waals surface area contributed by atoms with E-state index in [0.29, 0.717) is 18.2 Å². The molecule has 0 bridgehead atoms. The maximum atomic E-state index is 9.67. The zero-order chi connectivity index (χ0) is 18.4. The molecule has 0 spiro atoms. The third-order valence-corrected chi connectivity index (χ3v) is 4.54. The van der Waals surface area contributed by atoms with Crippen LogP contribution in [0.5, 0.6) is 0 Å². The SMILES string of the molecule is Cc1ccc(CNC(=S)NCc2ccc(C(C)(C)C)cc2CO)cc1. The van der Waals surface area contributed by atoms with E-state index in [9.17, 15) is 5.11 Å². The molecule has 2 rings (SSSR count). The van der Waals surface area contributed by atoms with Crippen molar-refractivity contribution in [2.24, 2.45) is 0 Å². The van der Waals surface area contributed by atoms with Crippen LogP contribution in [0.4, 0.5) is 0 Å². The lowest BCUT2D eigenvalue weighted by atomic mass is 9.85. The Kier molecular flexibility index (Phi) is 6.57. The quantitative estimate of drug-likeness (QED) is 0.710. The highest BCUT2D eigenvalue weighted by Gasteiger charge is 2.15. The molecule has 0 unspecified atom stereocenters. The molecule has 25 heavy (non-hydrogen) atoms. The van der Waals surface area contributed by atoms with E-state index in [1.54, 1.807) is 0 Å². The van der Waals surface area contributed by atoms with Gasteiger partial charge in [0.25, 0.3) is 0 Å². The molecule has 2 aromatic rings. The summed E-state index contributed by atoms with van der Waals surface area (Å²) in [6, 6.07) is 14.7. The Morgan fingerprint density at radius 1 is 0.960 bits per heavy atom. The first-order valence-electron chi connectivity index (χ1n) is 8.60. The van der Waals surface area contributed by atoms with Gasteiger partial charge in [-0.05, 0) is 46.8 Å². The molecule has 0 aliphatic rings. The van der Waals surface area contributed by atoms with E-state index in [0.717, 1.165) is 11.1 Å². The fourth-order valence-corrected chi connectivity index (χ4v) is 2.68. The summed E-state index contributed by atoms with van der Waals surface area (Å²) < 4.78 is 0. The van der Waals surface area contributed by atoms with Crippen LogP contribution in [0.1, 0.15) is 48.6 Å². The van der Waals surface area contributed by atoms with Crippen LogP contribution in [-0.4, -0.2) is 10.2 Å². The zero-order valence-corrected chi connectivity index (χ0v) is 16.3. The molecule has 0 aromatic heterocycles. The fraction of sp³-hybridized carbons (Fsp3) is 0.381. The predicted molar refractivity (Wildman–Crippen MR) is 109 cm³/mol. The number of hydrogen-bond acceptors (Lipinski definition) is 2. The maximum absolute atomic E-state index is 9.67. The van der Waals surface area contributed by atoms with E-state index >= 15 is 0 Å². The summed E-state index contributed by atoms with van der Waals surface area (Å²) in [7, 11) is 0. The van der Waals surface area contributed by atoms with Crippen molar-refractivity contribution in [2.45, 2.75) is 52.8 Å². The minimum Gasteiger partial charge on any atom is -0.392 e. The van der Waals surface area contributed by atoms with Gasteiger partial charge in [-0.3, -0.25) is 0 Å². The van der Waals surface area contributed by atoms with Crippen LogP contribution in [-0.2, 0) is 25.1 Å². The van der Waals surface area contributed by atoms with Crippen LogP contribution in [0, 0.1) is 6.92 Å². The van der Waals surface area contributed by atoms with E-state index in [1.807, 2.05) is 0 Å². The Labute approximate surface area is 156 Å². The van der Waals surface area contributed by atoms with E-state index in [2.05, 4.69) is 80.8 Å². The van der Waals surface area contributed by atoms with Crippen molar-refractivity contribution in [1.29, 1.82) is 0 Å². The molecule has 0 atom stereocenters. The number of benzene rings is 2. The molecule has 0 saturated heterocycles. The van der Waals surface area contributed by atoms with Gasteiger partial charge in [-0.1, -0.05) is 68.8 Å². The van der Waals surface area contributed by atoms with Gasteiger partial charge in [-0.15, -0.1) is 0 Å². The summed E-state index contributed by atoms with van der Waals surface area (Å²) in [6.45, 7) is 9.92. The number of aliphatic hydroxyl groups excluding tert-OH is 1. The first-order chi connectivity index (χ1) is 11.8. The minimum atomic E-state index is 0.0322. The van der Waals surface area contributed by atoms with Gasteiger partial charge in [-0.25, -0.2) is 0 Å². The molecule has 4 heteroatoms. The molecule has 134 valence electrons. The average molecular weight is 357 g/mol. The van der Waals surface area contributed by atoms with Crippen LogP contribution < -0.4 is 10.6 Å². The van der Waals surface area contributed by atoms with Crippen LogP contribution in [0.15, 0.2) is 42.5 Å². The van der Waals surface area contributed by atoms with Crippen molar-refractivity contribution < 1.29 is 5.11 Å². The highest BCUT2D eigenvalue weighted by atomic mass is 32.1. The largest absolute Gasteiger partial charge is 0.392 e. The molecular weight excluding hydrogens is 328 g/mol. The van der Waals surface area contributed by atoms with Crippen molar-refractivity contribution in [1.82, 2.24) is 10.6 Å². The lowest BCUT2D eigenvalue weighted by molar-refractivity contribution is 0.280. The second kappa shape index (κ2) is 8.45. The highest BCUT2D eigenvalue weighted by molar-refractivity contribution is 7.80. The van der Waals surface area contributed by atoms with E-state index in [1.165, 1.54) is 16.7 Å². The predicted octanol–water partition coefficient (Wildman–Crippen LogP) is 3.95. The summed E-state index contributed by atoms with van der Waals surface area (Å²) in [4.78, 5) is 0. The van der Waals surface area contributed by atoms with Gasteiger partial charge in [0.05, 0.1) is 6.61 Å². The molecule has 3 nitrogen and oxygen atoms in total. The van der Waals surface area contributed by atoms with E-state index < -0.39 is 0 Å². The van der Waals surface area contributed by atoms with Gasteiger partial charge >= 0.3 is 0 Å². The molecular formula is C21H28N2OS. The lowest BCUT2D eigenvalue weighted by Crippen LogP contribution is -2.34. The molecule has 0 aliphatic carbocycles. The first kappa shape index (κ1) is 19.4. The number of aryl methyl sites for hydroxylation is 1. The third kappa shape index (κ3) is 5.83. The smallest absolute Gasteiger partial charge is 0.166 e. The topological polar surface area (TPSA) is 44.3 Å². The number of thiocarbonyl (C=S) groups is 1. The van der Waals surface area contributed by atoms with Crippen LogP contribution in [0.25, 0.3) is 0 Å². The van der Waals surface area contributed by atoms with Gasteiger partial charge in [0.15, 0.2) is 5.11 Å². The molecule has 0 fully saturated rings. The monoisotopic (exact) mass is 356 g/mol. The highest BCUT2D eigenvalue weighted by Crippen LogP contribution is 2.24. The Hall–Kier alpha value is -1.91. The standard InChI is InChI=1S/C21H28N2OS/c1-15-5-7-16(8-6-15)12-22-20(25)23-13-17-9-10-19(21(2,3)4)11-18(17)14-24/h5-11,24H,12-14H2,1-4H3,(H2,22,23,25). The summed E-state index contributed by atoms with van der Waals surface area (Å²) in [6.07, 6.45) is 0. The van der Waals surface area contributed by atoms with Crippen molar-refractivity contribution in [2.75, 3.05) is 0 Å². The van der Waals surface area contributed by atoms with Crippen molar-refractivity contribution in [3.8, 4) is 0 Å². The number of aliphatic hydroxyl groups is 1. The van der Waals surface area contributed by atoms with E-state index in [-0.39, 0.29) is 12.0 Å². The Morgan fingerprint density at radius 3 is 2.20 bits per heavy atom. The molecule has 0 saturated carbocycles. The van der Waals surface area contributed by atoms with Crippen LogP contribution in [0.3, 0.4) is 0 Å². The van der Waals surface area contributed by atoms with Gasteiger partial charge in [0, 0.05) is 13.1 Å². The van der Waals surface area contributed by atoms with Gasteiger partial charge in [0.1, 0.15) is 0 Å². The fourth-order valence-electron chi connectivity index (χ4n) is 2.54. The summed E-state index contributed by atoms with van der Waals surface area (Å²) in [5.74, 6) is 0. The Balaban J connectivity index is 1.91. The van der Waals surface area contributed by atoms with Gasteiger partial charge < -0.3 is 15.7 Å². The lowest BCUT2D eigenvalue weighted by Gasteiger charge is -2.21. The number of hydrogen-bond donors (Lipinski definition) is 3. The Morgan fingerprint density at radius 2 is 1.60 bits per heavy atom. The average Bonchev–Trinajstić information content (AvgIpc) is 2.58. The molecule has 2 aromatic carbocycles.